The van der Waals surface area contributed by atoms with Gasteiger partial charge >= 0.3 is 18.0 Å². The van der Waals surface area contributed by atoms with E-state index in [-0.39, 0.29) is 24.7 Å². The van der Waals surface area contributed by atoms with Crippen LogP contribution in [0, 0.1) is 0 Å². The number of rotatable bonds is 6. The smallest absolute Gasteiger partial charge is 0.338 e. The van der Waals surface area contributed by atoms with Gasteiger partial charge in [-0.25, -0.2) is 14.4 Å². The fourth-order valence-electron chi connectivity index (χ4n) is 4.03. The number of carbonyl (C=O) groups excluding carboxylic acids is 3. The van der Waals surface area contributed by atoms with E-state index in [1.165, 1.54) is 16.2 Å². The second-order valence-electron chi connectivity index (χ2n) is 7.69. The Balaban J connectivity index is 1.88. The molecule has 1 saturated heterocycles. The molecule has 0 saturated carbocycles. The van der Waals surface area contributed by atoms with E-state index in [4.69, 9.17) is 4.74 Å². The van der Waals surface area contributed by atoms with Crippen LogP contribution in [0.25, 0.3) is 0 Å². The van der Waals surface area contributed by atoms with Crippen molar-refractivity contribution in [3.05, 3.63) is 33.7 Å². The third-order valence-corrected chi connectivity index (χ3v) is 6.32. The first-order valence-corrected chi connectivity index (χ1v) is 11.5. The van der Waals surface area contributed by atoms with Gasteiger partial charge in [0.1, 0.15) is 0 Å². The number of carbonyl (C=O) groups is 3. The molecular weight excluding hydrogens is 418 g/mol. The topological polar surface area (TPSA) is 94.2 Å². The van der Waals surface area contributed by atoms with Crippen molar-refractivity contribution < 1.29 is 19.1 Å². The van der Waals surface area contributed by atoms with Crippen LogP contribution in [-0.2, 0) is 9.53 Å². The molecule has 170 valence electrons. The Morgan fingerprint density at radius 1 is 1.32 bits per heavy atom. The molecule has 10 heteroatoms. The molecule has 4 amide bonds. The molecule has 0 bridgehead atoms. The van der Waals surface area contributed by atoms with Gasteiger partial charge in [-0.2, -0.15) is 11.3 Å². The summed E-state index contributed by atoms with van der Waals surface area (Å²) in [5, 5.41) is 9.63. The lowest BCUT2D eigenvalue weighted by molar-refractivity contribution is -0.139. The van der Waals surface area contributed by atoms with Crippen LogP contribution in [-0.4, -0.2) is 85.2 Å². The number of esters is 1. The highest BCUT2D eigenvalue weighted by Gasteiger charge is 2.38. The number of piperazine rings is 1. The van der Waals surface area contributed by atoms with Gasteiger partial charge in [0.15, 0.2) is 0 Å². The second-order valence-corrected chi connectivity index (χ2v) is 8.47. The lowest BCUT2D eigenvalue weighted by Gasteiger charge is -2.42. The molecule has 0 radical (unpaired) electrons. The molecule has 2 N–H and O–H groups in total. The number of urea groups is 2. The van der Waals surface area contributed by atoms with Crippen molar-refractivity contribution in [3.63, 3.8) is 0 Å². The quantitative estimate of drug-likeness (QED) is 0.648. The molecule has 1 aromatic rings. The third-order valence-electron chi connectivity index (χ3n) is 5.62. The number of nitrogens with zero attached hydrogens (tertiary/aromatic N) is 3. The number of nitrogens with one attached hydrogen (secondary N) is 2. The molecule has 9 nitrogen and oxygen atoms in total. The van der Waals surface area contributed by atoms with Crippen molar-refractivity contribution in [1.29, 1.82) is 0 Å². The number of ether oxygens (including phenoxy) is 1. The van der Waals surface area contributed by atoms with E-state index in [1.54, 1.807) is 14.0 Å². The van der Waals surface area contributed by atoms with Crippen LogP contribution < -0.4 is 10.6 Å². The predicted octanol–water partition coefficient (Wildman–Crippen LogP) is 2.00. The summed E-state index contributed by atoms with van der Waals surface area (Å²) in [7, 11) is 1.67. The van der Waals surface area contributed by atoms with Gasteiger partial charge in [0.25, 0.3) is 0 Å². The molecule has 3 heterocycles. The SMILES string of the molecule is CCNC(=O)N1CCN(CC2=C(C(=O)OCC)[C@H](c3ccsc3)NC(=O)N2C)C[C@@H]1C. The van der Waals surface area contributed by atoms with Crippen molar-refractivity contribution in [2.45, 2.75) is 32.9 Å². The van der Waals surface area contributed by atoms with Crippen molar-refractivity contribution >= 4 is 29.4 Å². The maximum atomic E-state index is 13.0. The Kier molecular flexibility index (Phi) is 7.55. The van der Waals surface area contributed by atoms with Gasteiger partial charge in [0.2, 0.25) is 0 Å². The summed E-state index contributed by atoms with van der Waals surface area (Å²) < 4.78 is 5.36. The number of hydrogen-bond donors (Lipinski definition) is 2. The third kappa shape index (κ3) is 5.01. The average Bonchev–Trinajstić information content (AvgIpc) is 3.26. The van der Waals surface area contributed by atoms with Gasteiger partial charge in [-0.1, -0.05) is 0 Å². The van der Waals surface area contributed by atoms with E-state index in [1.807, 2.05) is 35.6 Å². The highest BCUT2D eigenvalue weighted by molar-refractivity contribution is 7.08. The summed E-state index contributed by atoms with van der Waals surface area (Å²) in [5.74, 6) is -0.422. The minimum Gasteiger partial charge on any atom is -0.463 e. The molecule has 2 atom stereocenters. The molecule has 0 aliphatic carbocycles. The zero-order chi connectivity index (χ0) is 22.5. The monoisotopic (exact) mass is 449 g/mol. The molecule has 0 unspecified atom stereocenters. The van der Waals surface area contributed by atoms with Crippen LogP contribution in [0.2, 0.25) is 0 Å². The summed E-state index contributed by atoms with van der Waals surface area (Å²) in [6, 6.07) is 1.06. The van der Waals surface area contributed by atoms with Crippen LogP contribution in [0.1, 0.15) is 32.4 Å². The maximum Gasteiger partial charge on any atom is 0.338 e. The van der Waals surface area contributed by atoms with E-state index in [0.717, 1.165) is 5.56 Å². The van der Waals surface area contributed by atoms with E-state index in [0.29, 0.717) is 44.0 Å². The van der Waals surface area contributed by atoms with E-state index in [2.05, 4.69) is 15.5 Å². The van der Waals surface area contributed by atoms with Crippen molar-refractivity contribution in [2.24, 2.45) is 0 Å². The molecular formula is C21H31N5O4S. The minimum absolute atomic E-state index is 0.0161. The largest absolute Gasteiger partial charge is 0.463 e. The zero-order valence-electron chi connectivity index (χ0n) is 18.5. The van der Waals surface area contributed by atoms with Gasteiger partial charge in [-0.05, 0) is 43.2 Å². The average molecular weight is 450 g/mol. The number of amides is 4. The molecule has 1 aromatic heterocycles. The fraction of sp³-hybridized carbons (Fsp3) is 0.571. The summed E-state index contributed by atoms with van der Waals surface area (Å²) in [6.07, 6.45) is 0. The lowest BCUT2D eigenvalue weighted by atomic mass is 9.96. The van der Waals surface area contributed by atoms with E-state index in [9.17, 15) is 14.4 Å². The van der Waals surface area contributed by atoms with Crippen molar-refractivity contribution in [2.75, 3.05) is 46.4 Å². The number of thiophene rings is 1. The molecule has 2 aliphatic rings. The number of likely N-dealkylation sites (N-methyl/N-ethyl adjacent to an activating group) is 1. The normalized spacial score (nSPS) is 22.4. The van der Waals surface area contributed by atoms with Gasteiger partial charge in [-0.15, -0.1) is 0 Å². The first kappa shape index (κ1) is 23.1. The van der Waals surface area contributed by atoms with Gasteiger partial charge in [0, 0.05) is 51.5 Å². The summed E-state index contributed by atoms with van der Waals surface area (Å²) in [4.78, 5) is 43.4. The Morgan fingerprint density at radius 2 is 2.10 bits per heavy atom. The van der Waals surface area contributed by atoms with Crippen molar-refractivity contribution in [3.8, 4) is 0 Å². The van der Waals surface area contributed by atoms with Crippen LogP contribution in [0.4, 0.5) is 9.59 Å². The minimum atomic E-state index is -0.543. The Hall–Kier alpha value is -2.59. The van der Waals surface area contributed by atoms with Gasteiger partial charge in [-0.3, -0.25) is 9.80 Å². The molecule has 1 fully saturated rings. The molecule has 31 heavy (non-hydrogen) atoms. The molecule has 3 rings (SSSR count). The Labute approximate surface area is 187 Å². The number of hydrogen-bond acceptors (Lipinski definition) is 6. The standard InChI is InChI=1S/C21H31N5O4S/c1-5-22-20(28)26-9-8-25(11-14(26)3)12-16-17(19(27)30-6-2)18(15-7-10-31-13-15)23-21(29)24(16)4/h7,10,13-14,18H,5-6,8-9,11-12H2,1-4H3,(H,22,28)(H,23,29)/t14-,18-/m0/s1. The van der Waals surface area contributed by atoms with Gasteiger partial charge in [0.05, 0.1) is 18.2 Å². The van der Waals surface area contributed by atoms with Crippen molar-refractivity contribution in [1.82, 2.24) is 25.3 Å². The first-order valence-electron chi connectivity index (χ1n) is 10.6. The first-order chi connectivity index (χ1) is 14.9. The predicted molar refractivity (Wildman–Crippen MR) is 119 cm³/mol. The molecule has 2 aliphatic heterocycles. The van der Waals surface area contributed by atoms with Crippen LogP contribution >= 0.6 is 11.3 Å². The fourth-order valence-corrected chi connectivity index (χ4v) is 4.72. The van der Waals surface area contributed by atoms with E-state index >= 15 is 0 Å². The summed E-state index contributed by atoms with van der Waals surface area (Å²) in [5.41, 5.74) is 1.96. The van der Waals surface area contributed by atoms with Crippen LogP contribution in [0.3, 0.4) is 0 Å². The maximum absolute atomic E-state index is 13.0. The summed E-state index contributed by atoms with van der Waals surface area (Å²) in [6.45, 7) is 8.83. The molecule has 0 spiro atoms. The highest BCUT2D eigenvalue weighted by atomic mass is 32.1. The van der Waals surface area contributed by atoms with Crippen LogP contribution in [0.15, 0.2) is 28.1 Å². The molecule has 0 aromatic carbocycles. The Morgan fingerprint density at radius 3 is 2.71 bits per heavy atom. The second kappa shape index (κ2) is 10.1. The zero-order valence-corrected chi connectivity index (χ0v) is 19.3. The van der Waals surface area contributed by atoms with E-state index < -0.39 is 12.0 Å². The van der Waals surface area contributed by atoms with Gasteiger partial charge < -0.3 is 20.3 Å². The summed E-state index contributed by atoms with van der Waals surface area (Å²) >= 11 is 1.51. The highest BCUT2D eigenvalue weighted by Crippen LogP contribution is 2.32. The lowest BCUT2D eigenvalue weighted by Crippen LogP contribution is -2.57. The van der Waals surface area contributed by atoms with Crippen LogP contribution in [0.5, 0.6) is 0 Å². The Bertz CT molecular complexity index is 841.